The standard InChI is InChI=1S/C8H5BN2O/c9-7-2-1-3-11-8(7)6(5-12)4-10-11/h1-5H. The molecule has 0 saturated heterocycles. The minimum Gasteiger partial charge on any atom is -0.298 e. The fourth-order valence-electron chi connectivity index (χ4n) is 1.18. The van der Waals surface area contributed by atoms with Crippen LogP contribution in [0.5, 0.6) is 0 Å². The zero-order chi connectivity index (χ0) is 8.55. The number of carbonyl (C=O) groups excluding carboxylic acids is 1. The Hall–Kier alpha value is -1.58. The van der Waals surface area contributed by atoms with Gasteiger partial charge in [-0.2, -0.15) is 5.10 Å². The summed E-state index contributed by atoms with van der Waals surface area (Å²) in [5.74, 6) is 0. The van der Waals surface area contributed by atoms with Crippen molar-refractivity contribution >= 4 is 25.1 Å². The molecule has 3 nitrogen and oxygen atoms in total. The van der Waals surface area contributed by atoms with Gasteiger partial charge in [0, 0.05) is 6.20 Å². The van der Waals surface area contributed by atoms with E-state index in [1.165, 1.54) is 6.20 Å². The quantitative estimate of drug-likeness (QED) is 0.428. The Labute approximate surface area is 70.4 Å². The highest BCUT2D eigenvalue weighted by Crippen LogP contribution is 2.03. The van der Waals surface area contributed by atoms with Crippen molar-refractivity contribution in [2.75, 3.05) is 0 Å². The van der Waals surface area contributed by atoms with Gasteiger partial charge in [0.15, 0.2) is 6.29 Å². The molecule has 0 spiro atoms. The molecule has 0 amide bonds. The maximum atomic E-state index is 10.5. The van der Waals surface area contributed by atoms with Crippen molar-refractivity contribution in [1.29, 1.82) is 0 Å². The minimum absolute atomic E-state index is 0.521. The van der Waals surface area contributed by atoms with Crippen LogP contribution < -0.4 is 5.46 Å². The van der Waals surface area contributed by atoms with Gasteiger partial charge in [0.05, 0.1) is 17.3 Å². The number of nitrogens with zero attached hydrogens (tertiary/aromatic N) is 2. The first-order chi connectivity index (χ1) is 5.83. The number of pyridine rings is 1. The summed E-state index contributed by atoms with van der Waals surface area (Å²) in [6.07, 6.45) is 4.00. The lowest BCUT2D eigenvalue weighted by Gasteiger charge is -1.96. The third-order valence-corrected chi connectivity index (χ3v) is 1.73. The first kappa shape index (κ1) is 7.09. The van der Waals surface area contributed by atoms with Gasteiger partial charge in [0.25, 0.3) is 0 Å². The molecule has 2 aromatic heterocycles. The van der Waals surface area contributed by atoms with Crippen LogP contribution in [0.1, 0.15) is 10.4 Å². The van der Waals surface area contributed by atoms with Crippen molar-refractivity contribution in [2.24, 2.45) is 0 Å². The van der Waals surface area contributed by atoms with E-state index < -0.39 is 0 Å². The van der Waals surface area contributed by atoms with Crippen LogP contribution >= 0.6 is 0 Å². The highest BCUT2D eigenvalue weighted by molar-refractivity contribution is 6.37. The zero-order valence-electron chi connectivity index (χ0n) is 6.27. The number of rotatable bonds is 1. The molecule has 2 aromatic rings. The molecule has 0 aromatic carbocycles. The van der Waals surface area contributed by atoms with Gasteiger partial charge in [-0.25, -0.2) is 4.52 Å². The summed E-state index contributed by atoms with van der Waals surface area (Å²) in [4.78, 5) is 10.5. The Morgan fingerprint density at radius 3 is 3.17 bits per heavy atom. The average Bonchev–Trinajstić information content (AvgIpc) is 2.49. The van der Waals surface area contributed by atoms with E-state index in [1.807, 2.05) is 0 Å². The van der Waals surface area contributed by atoms with Crippen molar-refractivity contribution in [3.05, 3.63) is 30.1 Å². The SMILES string of the molecule is [B]c1cccn2ncc(C=O)c12. The molecule has 12 heavy (non-hydrogen) atoms. The topological polar surface area (TPSA) is 34.4 Å². The molecular formula is C8H5BN2O. The van der Waals surface area contributed by atoms with E-state index in [0.717, 1.165) is 6.29 Å². The first-order valence-electron chi connectivity index (χ1n) is 3.50. The lowest BCUT2D eigenvalue weighted by Crippen LogP contribution is -2.07. The summed E-state index contributed by atoms with van der Waals surface area (Å²) >= 11 is 0. The van der Waals surface area contributed by atoms with Crippen molar-refractivity contribution < 1.29 is 4.79 Å². The molecular weight excluding hydrogens is 151 g/mol. The van der Waals surface area contributed by atoms with Gasteiger partial charge in [-0.15, -0.1) is 0 Å². The van der Waals surface area contributed by atoms with Crippen molar-refractivity contribution in [3.8, 4) is 0 Å². The molecule has 0 saturated carbocycles. The maximum absolute atomic E-state index is 10.5. The van der Waals surface area contributed by atoms with Crippen LogP contribution in [0.2, 0.25) is 0 Å². The fourth-order valence-corrected chi connectivity index (χ4v) is 1.18. The Morgan fingerprint density at radius 2 is 2.42 bits per heavy atom. The Morgan fingerprint density at radius 1 is 1.58 bits per heavy atom. The van der Waals surface area contributed by atoms with Crippen LogP contribution in [0.4, 0.5) is 0 Å². The zero-order valence-corrected chi connectivity index (χ0v) is 6.27. The van der Waals surface area contributed by atoms with Crippen LogP contribution in [0.15, 0.2) is 24.5 Å². The molecule has 0 atom stereocenters. The van der Waals surface area contributed by atoms with Gasteiger partial charge in [0.1, 0.15) is 7.85 Å². The number of fused-ring (bicyclic) bond motifs is 1. The molecule has 0 fully saturated rings. The molecule has 0 aliphatic heterocycles. The van der Waals surface area contributed by atoms with Gasteiger partial charge in [0.2, 0.25) is 0 Å². The van der Waals surface area contributed by atoms with Crippen LogP contribution in [-0.4, -0.2) is 23.7 Å². The smallest absolute Gasteiger partial charge is 0.153 e. The van der Waals surface area contributed by atoms with E-state index in [1.54, 1.807) is 22.8 Å². The second kappa shape index (κ2) is 2.48. The molecule has 2 radical (unpaired) electrons. The summed E-state index contributed by atoms with van der Waals surface area (Å²) < 4.78 is 1.58. The number of carbonyl (C=O) groups is 1. The van der Waals surface area contributed by atoms with Crippen molar-refractivity contribution in [1.82, 2.24) is 9.61 Å². The molecule has 0 aliphatic rings. The Bertz CT molecular complexity index is 436. The second-order valence-corrected chi connectivity index (χ2v) is 2.47. The molecule has 0 N–H and O–H groups in total. The molecule has 4 heteroatoms. The largest absolute Gasteiger partial charge is 0.298 e. The molecule has 56 valence electrons. The molecule has 2 rings (SSSR count). The average molecular weight is 156 g/mol. The normalized spacial score (nSPS) is 10.3. The summed E-state index contributed by atoms with van der Waals surface area (Å²) in [5.41, 5.74) is 1.76. The highest BCUT2D eigenvalue weighted by Gasteiger charge is 2.03. The van der Waals surface area contributed by atoms with Crippen LogP contribution in [0.25, 0.3) is 5.52 Å². The van der Waals surface area contributed by atoms with E-state index in [9.17, 15) is 4.79 Å². The summed E-state index contributed by atoms with van der Waals surface area (Å²) in [6.45, 7) is 0. The predicted octanol–water partition coefficient (Wildman–Crippen LogP) is -0.0594. The van der Waals surface area contributed by atoms with Gasteiger partial charge < -0.3 is 0 Å². The van der Waals surface area contributed by atoms with Gasteiger partial charge in [-0.1, -0.05) is 11.5 Å². The molecule has 0 aliphatic carbocycles. The van der Waals surface area contributed by atoms with Crippen molar-refractivity contribution in [3.63, 3.8) is 0 Å². The van der Waals surface area contributed by atoms with E-state index in [2.05, 4.69) is 5.10 Å². The number of aromatic nitrogens is 2. The Kier molecular flexibility index (Phi) is 1.47. The van der Waals surface area contributed by atoms with E-state index in [0.29, 0.717) is 16.5 Å². The third-order valence-electron chi connectivity index (χ3n) is 1.73. The Balaban J connectivity index is 2.91. The summed E-state index contributed by atoms with van der Waals surface area (Å²) in [6, 6.07) is 3.52. The van der Waals surface area contributed by atoms with Crippen LogP contribution in [-0.2, 0) is 0 Å². The van der Waals surface area contributed by atoms with Crippen LogP contribution in [0.3, 0.4) is 0 Å². The third kappa shape index (κ3) is 0.846. The summed E-state index contributed by atoms with van der Waals surface area (Å²) in [5, 5.41) is 3.96. The van der Waals surface area contributed by atoms with Gasteiger partial charge in [-0.3, -0.25) is 4.79 Å². The summed E-state index contributed by atoms with van der Waals surface area (Å²) in [7, 11) is 5.66. The predicted molar refractivity (Wildman–Crippen MR) is 46.0 cm³/mol. The van der Waals surface area contributed by atoms with Gasteiger partial charge in [-0.05, 0) is 6.07 Å². The lowest BCUT2D eigenvalue weighted by atomic mass is 9.95. The van der Waals surface area contributed by atoms with Crippen molar-refractivity contribution in [2.45, 2.75) is 0 Å². The minimum atomic E-state index is 0.521. The number of hydrogen-bond acceptors (Lipinski definition) is 2. The number of hydrogen-bond donors (Lipinski definition) is 0. The molecule has 0 unspecified atom stereocenters. The monoisotopic (exact) mass is 156 g/mol. The molecule has 2 heterocycles. The maximum Gasteiger partial charge on any atom is 0.153 e. The highest BCUT2D eigenvalue weighted by atomic mass is 16.1. The second-order valence-electron chi connectivity index (χ2n) is 2.47. The number of aldehydes is 1. The lowest BCUT2D eigenvalue weighted by molar-refractivity contribution is 0.112. The van der Waals surface area contributed by atoms with E-state index in [-0.39, 0.29) is 0 Å². The fraction of sp³-hybridized carbons (Fsp3) is 0. The van der Waals surface area contributed by atoms with E-state index >= 15 is 0 Å². The van der Waals surface area contributed by atoms with E-state index in [4.69, 9.17) is 7.85 Å². The van der Waals surface area contributed by atoms with Crippen LogP contribution in [0, 0.1) is 0 Å². The van der Waals surface area contributed by atoms with Gasteiger partial charge >= 0.3 is 0 Å². The molecule has 0 bridgehead atoms. The first-order valence-corrected chi connectivity index (χ1v) is 3.50.